The molecule has 3 heteroatoms. The zero-order valence-corrected chi connectivity index (χ0v) is 13.3. The van der Waals surface area contributed by atoms with Gasteiger partial charge in [-0.25, -0.2) is 9.97 Å². The molecule has 3 aliphatic rings. The highest BCUT2D eigenvalue weighted by atomic mass is 14.9. The largest absolute Gasteiger partial charge is 0.264 e. The van der Waals surface area contributed by atoms with Crippen LogP contribution in [0, 0.1) is 0 Å². The fourth-order valence-corrected chi connectivity index (χ4v) is 3.96. The number of hydrogen-bond acceptors (Lipinski definition) is 3. The van der Waals surface area contributed by atoms with Crippen molar-refractivity contribution in [3.8, 4) is 0 Å². The maximum atomic E-state index is 4.87. The zero-order chi connectivity index (χ0) is 15.4. The Balaban J connectivity index is 1.51. The molecule has 114 valence electrons. The van der Waals surface area contributed by atoms with Crippen molar-refractivity contribution in [3.05, 3.63) is 64.5 Å². The molecule has 3 aliphatic carbocycles. The van der Waals surface area contributed by atoms with Crippen LogP contribution in [0.25, 0.3) is 11.6 Å². The van der Waals surface area contributed by atoms with E-state index < -0.39 is 0 Å². The van der Waals surface area contributed by atoms with Crippen LogP contribution in [-0.2, 0) is 6.42 Å². The second-order valence-corrected chi connectivity index (χ2v) is 6.86. The third-order valence-electron chi connectivity index (χ3n) is 5.59. The van der Waals surface area contributed by atoms with Crippen molar-refractivity contribution in [2.75, 3.05) is 0 Å². The second-order valence-electron chi connectivity index (χ2n) is 6.86. The molecule has 0 aromatic carbocycles. The zero-order valence-electron chi connectivity index (χ0n) is 13.3. The summed E-state index contributed by atoms with van der Waals surface area (Å²) in [5.74, 6) is 2.08. The highest BCUT2D eigenvalue weighted by Crippen LogP contribution is 2.45. The van der Waals surface area contributed by atoms with Crippen LogP contribution < -0.4 is 0 Å². The van der Waals surface area contributed by atoms with Crippen molar-refractivity contribution in [1.29, 1.82) is 0 Å². The van der Waals surface area contributed by atoms with Crippen molar-refractivity contribution < 1.29 is 0 Å². The summed E-state index contributed by atoms with van der Waals surface area (Å²) in [6.07, 6.45) is 15.3. The molecular weight excluding hydrogens is 282 g/mol. The molecule has 0 N–H and O–H groups in total. The Labute approximate surface area is 136 Å². The minimum absolute atomic E-state index is 0.413. The van der Waals surface area contributed by atoms with Gasteiger partial charge >= 0.3 is 0 Å². The minimum Gasteiger partial charge on any atom is -0.264 e. The molecule has 2 aromatic rings. The lowest BCUT2D eigenvalue weighted by Gasteiger charge is -2.24. The van der Waals surface area contributed by atoms with Gasteiger partial charge in [0.25, 0.3) is 0 Å². The summed E-state index contributed by atoms with van der Waals surface area (Å²) in [7, 11) is 0. The van der Waals surface area contributed by atoms with E-state index in [2.05, 4.69) is 41.3 Å². The Morgan fingerprint density at radius 2 is 2.09 bits per heavy atom. The Bertz CT molecular complexity index is 859. The Morgan fingerprint density at radius 1 is 1.17 bits per heavy atom. The van der Waals surface area contributed by atoms with Gasteiger partial charge in [0.05, 0.1) is 5.69 Å². The molecule has 0 aliphatic heterocycles. The lowest BCUT2D eigenvalue weighted by atomic mass is 9.84. The van der Waals surface area contributed by atoms with Gasteiger partial charge in [0.15, 0.2) is 0 Å². The molecule has 0 spiro atoms. The average Bonchev–Trinajstić information content (AvgIpc) is 3.07. The minimum atomic E-state index is 0.413. The van der Waals surface area contributed by atoms with Crippen LogP contribution in [0.15, 0.2) is 36.3 Å². The fourth-order valence-electron chi connectivity index (χ4n) is 3.96. The topological polar surface area (TPSA) is 38.7 Å². The predicted octanol–water partition coefficient (Wildman–Crippen LogP) is 4.28. The summed E-state index contributed by atoms with van der Waals surface area (Å²) < 4.78 is 0. The van der Waals surface area contributed by atoms with E-state index in [0.29, 0.717) is 11.8 Å². The van der Waals surface area contributed by atoms with E-state index in [-0.39, 0.29) is 0 Å². The first-order valence-electron chi connectivity index (χ1n) is 8.53. The summed E-state index contributed by atoms with van der Waals surface area (Å²) in [5.41, 5.74) is 7.76. The smallest absolute Gasteiger partial charge is 0.131 e. The number of nitrogens with zero attached hydrogens (tertiary/aromatic N) is 3. The number of fused-ring (bicyclic) bond motifs is 2. The molecule has 1 saturated carbocycles. The summed E-state index contributed by atoms with van der Waals surface area (Å²) in [5, 5.41) is 0. The maximum Gasteiger partial charge on any atom is 0.131 e. The molecule has 0 saturated heterocycles. The molecule has 0 amide bonds. The van der Waals surface area contributed by atoms with Crippen LogP contribution in [0.2, 0.25) is 0 Å². The first-order valence-corrected chi connectivity index (χ1v) is 8.53. The van der Waals surface area contributed by atoms with Crippen LogP contribution in [0.5, 0.6) is 0 Å². The van der Waals surface area contributed by atoms with Crippen molar-refractivity contribution in [2.24, 2.45) is 0 Å². The Hall–Kier alpha value is -2.29. The van der Waals surface area contributed by atoms with E-state index in [1.807, 2.05) is 12.4 Å². The molecule has 1 unspecified atom stereocenters. The van der Waals surface area contributed by atoms with E-state index >= 15 is 0 Å². The third kappa shape index (κ3) is 1.92. The fraction of sp³-hybridized carbons (Fsp3) is 0.350. The van der Waals surface area contributed by atoms with Gasteiger partial charge in [0, 0.05) is 42.4 Å². The molecule has 2 heterocycles. The number of hydrogen-bond donors (Lipinski definition) is 0. The Kier molecular flexibility index (Phi) is 2.78. The number of rotatable bonds is 2. The lowest BCUT2D eigenvalue weighted by molar-refractivity contribution is 0.400. The van der Waals surface area contributed by atoms with Crippen molar-refractivity contribution in [3.63, 3.8) is 0 Å². The van der Waals surface area contributed by atoms with Gasteiger partial charge < -0.3 is 0 Å². The van der Waals surface area contributed by atoms with Gasteiger partial charge in [-0.2, -0.15) is 0 Å². The van der Waals surface area contributed by atoms with Gasteiger partial charge in [0.2, 0.25) is 0 Å². The Morgan fingerprint density at radius 3 is 2.87 bits per heavy atom. The summed E-state index contributed by atoms with van der Waals surface area (Å²) in [6, 6.07) is 2.14. The number of allylic oxidation sites excluding steroid dienone is 3. The van der Waals surface area contributed by atoms with Crippen LogP contribution >= 0.6 is 0 Å². The van der Waals surface area contributed by atoms with E-state index in [1.165, 1.54) is 52.8 Å². The molecule has 2 aromatic heterocycles. The van der Waals surface area contributed by atoms with Crippen molar-refractivity contribution >= 4 is 11.6 Å². The molecule has 1 fully saturated rings. The molecule has 0 radical (unpaired) electrons. The van der Waals surface area contributed by atoms with Crippen molar-refractivity contribution in [1.82, 2.24) is 15.0 Å². The highest BCUT2D eigenvalue weighted by molar-refractivity contribution is 5.91. The van der Waals surface area contributed by atoms with Crippen molar-refractivity contribution in [2.45, 2.75) is 44.4 Å². The first kappa shape index (κ1) is 13.2. The monoisotopic (exact) mass is 301 g/mol. The highest BCUT2D eigenvalue weighted by Gasteiger charge is 2.29. The molecule has 5 rings (SSSR count). The third-order valence-corrected chi connectivity index (χ3v) is 5.59. The molecule has 0 bridgehead atoms. The van der Waals surface area contributed by atoms with E-state index in [1.54, 1.807) is 0 Å². The summed E-state index contributed by atoms with van der Waals surface area (Å²) in [4.78, 5) is 13.8. The lowest BCUT2D eigenvalue weighted by Crippen LogP contribution is -2.13. The molecule has 1 atom stereocenters. The summed E-state index contributed by atoms with van der Waals surface area (Å²) >= 11 is 0. The molecular formula is C20H19N3. The maximum absolute atomic E-state index is 4.87. The first-order chi connectivity index (χ1) is 11.3. The van der Waals surface area contributed by atoms with E-state index in [9.17, 15) is 0 Å². The van der Waals surface area contributed by atoms with Gasteiger partial charge in [-0.3, -0.25) is 4.98 Å². The summed E-state index contributed by atoms with van der Waals surface area (Å²) in [6.45, 7) is 2.28. The number of aromatic nitrogens is 3. The van der Waals surface area contributed by atoms with Crippen LogP contribution in [0.4, 0.5) is 0 Å². The van der Waals surface area contributed by atoms with Gasteiger partial charge in [-0.05, 0) is 47.3 Å². The quantitative estimate of drug-likeness (QED) is 0.831. The van der Waals surface area contributed by atoms with Crippen LogP contribution in [0.1, 0.15) is 66.2 Å². The van der Waals surface area contributed by atoms with Crippen LogP contribution in [-0.4, -0.2) is 15.0 Å². The number of pyridine rings is 1. The normalized spacial score (nSPS) is 22.2. The van der Waals surface area contributed by atoms with E-state index in [0.717, 1.165) is 12.2 Å². The second kappa shape index (κ2) is 4.85. The predicted molar refractivity (Wildman–Crippen MR) is 90.9 cm³/mol. The van der Waals surface area contributed by atoms with Gasteiger partial charge in [-0.15, -0.1) is 0 Å². The van der Waals surface area contributed by atoms with Crippen LogP contribution in [0.3, 0.4) is 0 Å². The standard InChI is InChI=1S/C20H19N3/c1-12-15-7-8-21-10-14(15)9-17(12)16-5-6-19-18(16)11-22-20(23-19)13-3-2-4-13/h5,7-13H,2-4,6H2,1H3. The molecule has 3 nitrogen and oxygen atoms in total. The van der Waals surface area contributed by atoms with Gasteiger partial charge in [0.1, 0.15) is 5.82 Å². The van der Waals surface area contributed by atoms with Gasteiger partial charge in [-0.1, -0.05) is 19.4 Å². The average molecular weight is 301 g/mol. The molecule has 23 heavy (non-hydrogen) atoms. The van der Waals surface area contributed by atoms with E-state index in [4.69, 9.17) is 4.98 Å². The SMILES string of the molecule is CC1C(C2=CCc3nc(C4CCC4)ncc32)=Cc2cnccc21.